The quantitative estimate of drug-likeness (QED) is 0.408. The molecule has 1 aromatic heterocycles. The molecular formula is C9H13BrN3O7P+. The van der Waals surface area contributed by atoms with Gasteiger partial charge in [-0.2, -0.15) is 5.90 Å². The molecule has 2 rings (SSSR count). The lowest BCUT2D eigenvalue weighted by Gasteiger charge is -2.26. The van der Waals surface area contributed by atoms with Crippen molar-refractivity contribution >= 4 is 24.1 Å². The van der Waals surface area contributed by atoms with E-state index in [1.807, 2.05) is 0 Å². The summed E-state index contributed by atoms with van der Waals surface area (Å²) in [6, 6.07) is 1.20. The molecule has 12 heteroatoms. The average molecular weight is 386 g/mol. The Hall–Kier alpha value is -0.650. The number of halogens is 1. The highest BCUT2D eigenvalue weighted by atomic mass is 79.9. The van der Waals surface area contributed by atoms with Crippen molar-refractivity contribution in [3.8, 4) is 0 Å². The lowest BCUT2D eigenvalue weighted by molar-refractivity contribution is -0.114. The van der Waals surface area contributed by atoms with Crippen LogP contribution in [-0.4, -0.2) is 34.2 Å². The van der Waals surface area contributed by atoms with Crippen molar-refractivity contribution in [3.05, 3.63) is 33.1 Å². The minimum Gasteiger partial charge on any atom is -0.349 e. The third-order valence-corrected chi connectivity index (χ3v) is 4.35. The normalized spacial score (nSPS) is 27.5. The smallest absolute Gasteiger partial charge is 0.349 e. The van der Waals surface area contributed by atoms with Crippen molar-refractivity contribution in [2.75, 3.05) is 18.5 Å². The molecule has 0 amide bonds. The lowest BCUT2D eigenvalue weighted by atomic mass is 10.4. The van der Waals surface area contributed by atoms with Crippen LogP contribution in [0.1, 0.15) is 6.23 Å². The van der Waals surface area contributed by atoms with Gasteiger partial charge in [0.1, 0.15) is 25.5 Å². The highest BCUT2D eigenvalue weighted by molar-refractivity contribution is 9.09. The molecule has 0 aliphatic carbocycles. The van der Waals surface area contributed by atoms with Crippen LogP contribution in [0.2, 0.25) is 0 Å². The highest BCUT2D eigenvalue weighted by Crippen LogP contribution is 2.59. The summed E-state index contributed by atoms with van der Waals surface area (Å²) < 4.78 is 20.7. The van der Waals surface area contributed by atoms with E-state index in [-0.39, 0.29) is 18.5 Å². The second-order valence-electron chi connectivity index (χ2n) is 4.03. The Kier molecular flexibility index (Phi) is 5.63. The van der Waals surface area contributed by atoms with Gasteiger partial charge in [-0.15, -0.1) is 9.05 Å². The molecular weight excluding hydrogens is 373 g/mol. The van der Waals surface area contributed by atoms with E-state index in [0.29, 0.717) is 0 Å². The number of nitrogens with two attached hydrogens (primary N) is 1. The van der Waals surface area contributed by atoms with Crippen molar-refractivity contribution < 1.29 is 23.3 Å². The largest absolute Gasteiger partial charge is 0.628 e. The fourth-order valence-corrected chi connectivity index (χ4v) is 2.98. The van der Waals surface area contributed by atoms with Crippen LogP contribution in [0.25, 0.3) is 0 Å². The van der Waals surface area contributed by atoms with Gasteiger partial charge >= 0.3 is 13.9 Å². The first-order chi connectivity index (χ1) is 9.97. The number of nitrogens with one attached hydrogen (secondary N) is 1. The third-order valence-electron chi connectivity index (χ3n) is 2.61. The summed E-state index contributed by atoms with van der Waals surface area (Å²) in [5.41, 5.74) is -1.12. The molecule has 117 valence electrons. The maximum absolute atomic E-state index is 11.7. The van der Waals surface area contributed by atoms with Gasteiger partial charge in [0.2, 0.25) is 0 Å². The number of ether oxygens (including phenoxy) is 1. The van der Waals surface area contributed by atoms with Crippen molar-refractivity contribution in [1.29, 1.82) is 0 Å². The number of H-pyrrole nitrogens is 1. The number of alkyl halides is 1. The minimum absolute atomic E-state index is 0.0733. The SMILES string of the molecule is NO[P+]1([O])OCC(O[C@H](CBr)n2ccc(=O)[nH]c2=O)CO1. The van der Waals surface area contributed by atoms with Gasteiger partial charge in [-0.25, -0.2) is 4.79 Å². The molecule has 0 saturated carbocycles. The van der Waals surface area contributed by atoms with Crippen molar-refractivity contribution in [2.45, 2.75) is 12.3 Å². The zero-order valence-corrected chi connectivity index (χ0v) is 13.1. The Morgan fingerprint density at radius 3 is 2.71 bits per heavy atom. The van der Waals surface area contributed by atoms with Crippen LogP contribution in [0, 0.1) is 0 Å². The maximum Gasteiger partial charge on any atom is 0.628 e. The van der Waals surface area contributed by atoms with E-state index < -0.39 is 31.8 Å². The van der Waals surface area contributed by atoms with Gasteiger partial charge in [0.15, 0.2) is 0 Å². The topological polar surface area (TPSA) is 138 Å². The second kappa shape index (κ2) is 7.07. The molecule has 0 bridgehead atoms. The van der Waals surface area contributed by atoms with Gasteiger partial charge in [-0.3, -0.25) is 14.3 Å². The molecule has 0 unspecified atom stereocenters. The molecule has 21 heavy (non-hydrogen) atoms. The van der Waals surface area contributed by atoms with Crippen LogP contribution in [0.15, 0.2) is 21.9 Å². The first-order valence-corrected chi connectivity index (χ1v) is 8.36. The molecule has 1 aromatic rings. The summed E-state index contributed by atoms with van der Waals surface area (Å²) in [5, 5.41) is 0.278. The minimum atomic E-state index is -3.70. The van der Waals surface area contributed by atoms with Crippen LogP contribution in [-0.2, 0) is 23.3 Å². The van der Waals surface area contributed by atoms with Crippen LogP contribution in [0.5, 0.6) is 0 Å². The zero-order valence-electron chi connectivity index (χ0n) is 10.6. The van der Waals surface area contributed by atoms with Crippen LogP contribution in [0.3, 0.4) is 0 Å². The molecule has 1 aliphatic heterocycles. The lowest BCUT2D eigenvalue weighted by Crippen LogP contribution is -2.38. The summed E-state index contributed by atoms with van der Waals surface area (Å²) in [6.45, 7) is -0.147. The Labute approximate surface area is 127 Å². The molecule has 10 nitrogen and oxygen atoms in total. The van der Waals surface area contributed by atoms with E-state index >= 15 is 0 Å². The highest BCUT2D eigenvalue weighted by Gasteiger charge is 2.53. The van der Waals surface area contributed by atoms with E-state index in [9.17, 15) is 14.5 Å². The van der Waals surface area contributed by atoms with Gasteiger partial charge in [0.25, 0.3) is 5.56 Å². The molecule has 2 heterocycles. The van der Waals surface area contributed by atoms with Gasteiger partial charge in [0.05, 0.1) is 4.89 Å². The molecule has 1 fully saturated rings. The van der Waals surface area contributed by atoms with Crippen LogP contribution < -0.4 is 17.1 Å². The first-order valence-electron chi connectivity index (χ1n) is 5.78. The first kappa shape index (κ1) is 16.7. The number of aromatic amines is 1. The average Bonchev–Trinajstić information content (AvgIpc) is 2.47. The van der Waals surface area contributed by atoms with Crippen LogP contribution >= 0.6 is 24.1 Å². The Morgan fingerprint density at radius 2 is 2.19 bits per heavy atom. The number of hydrogen-bond acceptors (Lipinski definition) is 7. The molecule has 1 atom stereocenters. The number of aromatic nitrogens is 2. The fourth-order valence-electron chi connectivity index (χ4n) is 1.63. The fraction of sp³-hybridized carbons (Fsp3) is 0.556. The molecule has 1 saturated heterocycles. The third kappa shape index (κ3) is 4.18. The van der Waals surface area contributed by atoms with Crippen molar-refractivity contribution in [2.24, 2.45) is 5.90 Å². The van der Waals surface area contributed by atoms with E-state index in [4.69, 9.17) is 19.7 Å². The molecule has 1 radical (unpaired) electrons. The summed E-state index contributed by atoms with van der Waals surface area (Å²) in [4.78, 5) is 36.4. The number of nitrogens with zero attached hydrogens (tertiary/aromatic N) is 1. The molecule has 0 spiro atoms. The van der Waals surface area contributed by atoms with Crippen molar-refractivity contribution in [3.63, 3.8) is 0 Å². The summed E-state index contributed by atoms with van der Waals surface area (Å²) in [5.74, 6) is 4.79. The molecule has 0 aromatic carbocycles. The van der Waals surface area contributed by atoms with Gasteiger partial charge in [-0.05, 0) is 0 Å². The Balaban J connectivity index is 2.04. The van der Waals surface area contributed by atoms with Gasteiger partial charge < -0.3 is 4.74 Å². The Morgan fingerprint density at radius 1 is 1.52 bits per heavy atom. The number of rotatable bonds is 5. The summed E-state index contributed by atoms with van der Waals surface area (Å²) >= 11 is 3.21. The van der Waals surface area contributed by atoms with Gasteiger partial charge in [-0.1, -0.05) is 20.6 Å². The predicted molar refractivity (Wildman–Crippen MR) is 73.8 cm³/mol. The monoisotopic (exact) mass is 385 g/mol. The Bertz CT molecular complexity index is 585. The van der Waals surface area contributed by atoms with E-state index in [1.54, 1.807) is 0 Å². The standard InChI is InChI=1S/C9H13BrN3O7P/c10-3-8(13-2-1-7(14)12-9(13)15)19-6-4-17-21(16,20-11)18-5-6/h1-2,6,8H,3-5,11H2,(H,12,14,15)/q+1/t6?,8-,21?/m1/s1. The van der Waals surface area contributed by atoms with E-state index in [0.717, 1.165) is 0 Å². The summed E-state index contributed by atoms with van der Waals surface area (Å²) in [7, 11) is -3.70. The predicted octanol–water partition coefficient (Wildman–Crippen LogP) is -0.140. The molecule has 3 N–H and O–H groups in total. The maximum atomic E-state index is 11.7. The van der Waals surface area contributed by atoms with Crippen molar-refractivity contribution in [1.82, 2.24) is 9.55 Å². The summed E-state index contributed by atoms with van der Waals surface area (Å²) in [6.07, 6.45) is 0.0253. The number of hydrogen-bond donors (Lipinski definition) is 2. The van der Waals surface area contributed by atoms with E-state index in [1.165, 1.54) is 16.8 Å². The van der Waals surface area contributed by atoms with E-state index in [2.05, 4.69) is 25.5 Å². The molecule has 1 aliphatic rings. The zero-order chi connectivity index (χ0) is 15.5. The second-order valence-corrected chi connectivity index (χ2v) is 6.30. The van der Waals surface area contributed by atoms with Gasteiger partial charge in [0, 0.05) is 17.6 Å². The van der Waals surface area contributed by atoms with Crippen LogP contribution in [0.4, 0.5) is 0 Å².